The van der Waals surface area contributed by atoms with E-state index in [9.17, 15) is 4.39 Å². The van der Waals surface area contributed by atoms with Crippen molar-refractivity contribution in [3.8, 4) is 28.3 Å². The van der Waals surface area contributed by atoms with Crippen LogP contribution >= 0.6 is 0 Å². The second-order valence-electron chi connectivity index (χ2n) is 9.06. The fraction of sp³-hybridized carbons (Fsp3) is 0.292. The predicted octanol–water partition coefficient (Wildman–Crippen LogP) is 2.95. The third-order valence-electron chi connectivity index (χ3n) is 7.16. The minimum atomic E-state index is -0.234. The molecule has 2 aromatic carbocycles. The second-order valence-corrected chi connectivity index (χ2v) is 9.06. The van der Waals surface area contributed by atoms with Gasteiger partial charge in [0.15, 0.2) is 0 Å². The third-order valence-corrected chi connectivity index (χ3v) is 7.16. The summed E-state index contributed by atoms with van der Waals surface area (Å²) in [5, 5.41) is 16.1. The number of aromatic nitrogens is 5. The van der Waals surface area contributed by atoms with Crippen LogP contribution in [-0.2, 0) is 6.54 Å². The summed E-state index contributed by atoms with van der Waals surface area (Å²) in [6.45, 7) is 5.18. The number of rotatable bonds is 2. The van der Waals surface area contributed by atoms with Crippen LogP contribution in [-0.4, -0.2) is 51.0 Å². The van der Waals surface area contributed by atoms with Crippen molar-refractivity contribution in [2.75, 3.05) is 31.1 Å². The summed E-state index contributed by atoms with van der Waals surface area (Å²) >= 11 is 0. The first-order chi connectivity index (χ1) is 15.7. The summed E-state index contributed by atoms with van der Waals surface area (Å²) in [6, 6.07) is 15.3. The van der Waals surface area contributed by atoms with Crippen LogP contribution in [0.15, 0.2) is 54.7 Å². The lowest BCUT2D eigenvalue weighted by Crippen LogP contribution is -2.25. The molecule has 0 saturated carbocycles. The number of nitrogens with zero attached hydrogens (tertiary/aromatic N) is 6. The van der Waals surface area contributed by atoms with Crippen molar-refractivity contribution in [2.45, 2.75) is 6.54 Å². The summed E-state index contributed by atoms with van der Waals surface area (Å²) in [7, 11) is 0. The number of hydrogen-bond donors (Lipinski definition) is 1. The zero-order chi connectivity index (χ0) is 21.2. The van der Waals surface area contributed by atoms with Gasteiger partial charge in [-0.05, 0) is 69.8 Å². The highest BCUT2D eigenvalue weighted by atomic mass is 19.1. The van der Waals surface area contributed by atoms with Gasteiger partial charge in [-0.15, -0.1) is 5.10 Å². The Morgan fingerprint density at radius 3 is 2.56 bits per heavy atom. The Bertz CT molecular complexity index is 1310. The molecule has 0 radical (unpaired) electrons. The van der Waals surface area contributed by atoms with Gasteiger partial charge in [-0.1, -0.05) is 12.1 Å². The first-order valence-corrected chi connectivity index (χ1v) is 11.1. The number of anilines is 1. The van der Waals surface area contributed by atoms with Crippen LogP contribution in [0.2, 0.25) is 0 Å². The maximum Gasteiger partial charge on any atom is 0.203 e. The largest absolute Gasteiger partial charge is 0.371 e. The molecule has 0 aliphatic carbocycles. The summed E-state index contributed by atoms with van der Waals surface area (Å²) < 4.78 is 17.4. The normalized spacial score (nSPS) is 21.1. The smallest absolute Gasteiger partial charge is 0.203 e. The number of fused-ring (bicyclic) bond motifs is 6. The van der Waals surface area contributed by atoms with Crippen LogP contribution in [0.25, 0.3) is 28.3 Å². The molecule has 32 heavy (non-hydrogen) atoms. The van der Waals surface area contributed by atoms with Crippen molar-refractivity contribution in [2.24, 2.45) is 11.8 Å². The molecular weight excluding hydrogens is 405 g/mol. The maximum atomic E-state index is 13.4. The van der Waals surface area contributed by atoms with E-state index in [0.29, 0.717) is 12.4 Å². The maximum absolute atomic E-state index is 13.4. The Labute approximate surface area is 184 Å². The average molecular weight is 427 g/mol. The van der Waals surface area contributed by atoms with Gasteiger partial charge in [0.2, 0.25) is 5.82 Å². The molecule has 2 atom stereocenters. The average Bonchev–Trinajstić information content (AvgIpc) is 3.57. The topological polar surface area (TPSA) is 63.8 Å². The Balaban J connectivity index is 1.30. The molecule has 5 heterocycles. The molecule has 0 spiro atoms. The monoisotopic (exact) mass is 427 g/mol. The Hall–Kier alpha value is -3.52. The first-order valence-electron chi connectivity index (χ1n) is 11.1. The minimum absolute atomic E-state index is 0.234. The number of tetrazole rings is 1. The van der Waals surface area contributed by atoms with Crippen molar-refractivity contribution in [3.63, 3.8) is 0 Å². The van der Waals surface area contributed by atoms with Crippen molar-refractivity contribution in [1.82, 2.24) is 30.1 Å². The van der Waals surface area contributed by atoms with Crippen LogP contribution in [0.4, 0.5) is 10.1 Å². The van der Waals surface area contributed by atoms with E-state index in [1.807, 2.05) is 4.68 Å². The van der Waals surface area contributed by atoms with Crippen molar-refractivity contribution in [3.05, 3.63) is 66.1 Å². The van der Waals surface area contributed by atoms with E-state index >= 15 is 0 Å². The molecule has 160 valence electrons. The van der Waals surface area contributed by atoms with E-state index in [0.717, 1.165) is 60.5 Å². The van der Waals surface area contributed by atoms with Crippen LogP contribution in [0.1, 0.15) is 5.56 Å². The lowest BCUT2D eigenvalue weighted by Gasteiger charge is -2.21. The quantitative estimate of drug-likeness (QED) is 0.469. The van der Waals surface area contributed by atoms with E-state index in [1.165, 1.54) is 23.4 Å². The summed E-state index contributed by atoms with van der Waals surface area (Å²) in [4.78, 5) is 2.52. The highest BCUT2D eigenvalue weighted by Gasteiger charge is 2.36. The third kappa shape index (κ3) is 2.72. The van der Waals surface area contributed by atoms with Crippen molar-refractivity contribution < 1.29 is 4.39 Å². The zero-order valence-electron chi connectivity index (χ0n) is 17.4. The van der Waals surface area contributed by atoms with E-state index < -0.39 is 0 Å². The lowest BCUT2D eigenvalue weighted by atomic mass is 10.0. The molecule has 0 bridgehead atoms. The molecule has 2 saturated heterocycles. The van der Waals surface area contributed by atoms with Gasteiger partial charge in [0.05, 0.1) is 11.4 Å². The molecule has 7 rings (SSSR count). The zero-order valence-corrected chi connectivity index (χ0v) is 17.4. The molecule has 4 aromatic rings. The number of nitrogens with one attached hydrogen (secondary N) is 1. The van der Waals surface area contributed by atoms with E-state index in [-0.39, 0.29) is 5.82 Å². The van der Waals surface area contributed by atoms with Crippen LogP contribution in [0.3, 0.4) is 0 Å². The van der Waals surface area contributed by atoms with E-state index in [1.54, 1.807) is 12.1 Å². The molecule has 0 amide bonds. The summed E-state index contributed by atoms with van der Waals surface area (Å²) in [6.07, 6.45) is 2.11. The van der Waals surface area contributed by atoms with Gasteiger partial charge < -0.3 is 14.8 Å². The van der Waals surface area contributed by atoms with E-state index in [2.05, 4.69) is 60.8 Å². The van der Waals surface area contributed by atoms with E-state index in [4.69, 9.17) is 0 Å². The standard InChI is InChI=1S/C24H22FN7/c25-20-3-1-15(2-4-20)16-8-23-24-27-28-29-32(24)22-6-5-21(7-17(22)12-31(23)11-16)30-13-18-9-26-10-19(18)14-30/h1-8,11,18-19,26H,9-10,12-14H2. The van der Waals surface area contributed by atoms with Gasteiger partial charge in [-0.3, -0.25) is 0 Å². The molecule has 2 aromatic heterocycles. The minimum Gasteiger partial charge on any atom is -0.371 e. The highest BCUT2D eigenvalue weighted by molar-refractivity contribution is 5.71. The van der Waals surface area contributed by atoms with Crippen LogP contribution in [0.5, 0.6) is 0 Å². The molecule has 7 nitrogen and oxygen atoms in total. The van der Waals surface area contributed by atoms with Crippen molar-refractivity contribution in [1.29, 1.82) is 0 Å². The molecule has 1 N–H and O–H groups in total. The molecule has 3 aliphatic rings. The highest BCUT2D eigenvalue weighted by Crippen LogP contribution is 2.36. The van der Waals surface area contributed by atoms with Gasteiger partial charge in [-0.25, -0.2) is 4.39 Å². The molecule has 2 fully saturated rings. The second kappa shape index (κ2) is 6.74. The van der Waals surface area contributed by atoms with Crippen molar-refractivity contribution >= 4 is 5.69 Å². The van der Waals surface area contributed by atoms with Gasteiger partial charge in [-0.2, -0.15) is 4.68 Å². The Kier molecular flexibility index (Phi) is 3.81. The molecular formula is C24H22FN7. The predicted molar refractivity (Wildman–Crippen MR) is 119 cm³/mol. The van der Waals surface area contributed by atoms with Crippen LogP contribution < -0.4 is 10.2 Å². The lowest BCUT2D eigenvalue weighted by molar-refractivity contribution is 0.533. The SMILES string of the molecule is Fc1ccc(-c2cc3n(c2)Cc2cc(N4CC5CNCC5C4)ccc2-n2nnnc2-3)cc1. The fourth-order valence-electron chi connectivity index (χ4n) is 5.49. The Morgan fingerprint density at radius 1 is 0.938 bits per heavy atom. The fourth-order valence-corrected chi connectivity index (χ4v) is 5.49. The van der Waals surface area contributed by atoms with Gasteiger partial charge in [0, 0.05) is 50.2 Å². The first kappa shape index (κ1) is 18.1. The number of halogens is 1. The van der Waals surface area contributed by atoms with Crippen LogP contribution in [0, 0.1) is 17.7 Å². The Morgan fingerprint density at radius 2 is 1.75 bits per heavy atom. The molecule has 3 aliphatic heterocycles. The summed E-state index contributed by atoms with van der Waals surface area (Å²) in [5.41, 5.74) is 6.41. The number of benzene rings is 2. The number of hydrogen-bond acceptors (Lipinski definition) is 5. The van der Waals surface area contributed by atoms with Gasteiger partial charge >= 0.3 is 0 Å². The molecule has 2 unspecified atom stereocenters. The summed E-state index contributed by atoms with van der Waals surface area (Å²) in [5.74, 6) is 1.97. The van der Waals surface area contributed by atoms with Gasteiger partial charge in [0.1, 0.15) is 5.82 Å². The molecule has 8 heteroatoms. The van der Waals surface area contributed by atoms with Gasteiger partial charge in [0.25, 0.3) is 0 Å².